The zero-order valence-corrected chi connectivity index (χ0v) is 12.8. The molecule has 1 atom stereocenters. The summed E-state index contributed by atoms with van der Waals surface area (Å²) in [7, 11) is -4.08. The molecule has 0 fully saturated rings. The van der Waals surface area contributed by atoms with Gasteiger partial charge in [0.05, 0.1) is 15.2 Å². The molecule has 0 aromatic heterocycles. The third-order valence-corrected chi connectivity index (χ3v) is 5.11. The molecule has 116 valence electrons. The number of nitrogens with one attached hydrogen (secondary N) is 1. The maximum absolute atomic E-state index is 11.8. The minimum atomic E-state index is -4.08. The SMILES string of the molecule is NS(=O)(=O)c1cccc2c3c(cc([N+](=O)[O-])c12)NCC3CCl. The van der Waals surface area contributed by atoms with Gasteiger partial charge in [-0.25, -0.2) is 13.6 Å². The highest BCUT2D eigenvalue weighted by molar-refractivity contribution is 7.89. The molecule has 3 N–H and O–H groups in total. The number of non-ortho nitro benzene ring substituents is 1. The summed E-state index contributed by atoms with van der Waals surface area (Å²) in [5.41, 5.74) is 1.11. The number of anilines is 1. The Kier molecular flexibility index (Phi) is 3.47. The lowest BCUT2D eigenvalue weighted by Crippen LogP contribution is -2.13. The van der Waals surface area contributed by atoms with Crippen molar-refractivity contribution in [3.63, 3.8) is 0 Å². The number of benzene rings is 2. The van der Waals surface area contributed by atoms with Gasteiger partial charge in [0.15, 0.2) is 0 Å². The predicted octanol–water partition coefficient (Wildman–Crippen LogP) is 2.14. The molecule has 1 aliphatic heterocycles. The number of hydrogen-bond acceptors (Lipinski definition) is 5. The van der Waals surface area contributed by atoms with E-state index in [-0.39, 0.29) is 21.9 Å². The first-order valence-electron chi connectivity index (χ1n) is 6.41. The average Bonchev–Trinajstić information content (AvgIpc) is 2.87. The fraction of sp³-hybridized carbons (Fsp3) is 0.231. The molecular formula is C13H12ClN3O4S. The summed E-state index contributed by atoms with van der Waals surface area (Å²) >= 11 is 5.95. The molecule has 22 heavy (non-hydrogen) atoms. The van der Waals surface area contributed by atoms with Crippen LogP contribution in [0, 0.1) is 10.1 Å². The zero-order chi connectivity index (χ0) is 16.1. The van der Waals surface area contributed by atoms with Gasteiger partial charge >= 0.3 is 0 Å². The second-order valence-corrected chi connectivity index (χ2v) is 6.91. The maximum Gasteiger partial charge on any atom is 0.280 e. The van der Waals surface area contributed by atoms with Crippen LogP contribution >= 0.6 is 11.6 Å². The van der Waals surface area contributed by atoms with Gasteiger partial charge in [-0.1, -0.05) is 12.1 Å². The van der Waals surface area contributed by atoms with Gasteiger partial charge in [-0.2, -0.15) is 0 Å². The predicted molar refractivity (Wildman–Crippen MR) is 83.9 cm³/mol. The van der Waals surface area contributed by atoms with Crippen LogP contribution in [0.5, 0.6) is 0 Å². The van der Waals surface area contributed by atoms with Gasteiger partial charge in [-0.3, -0.25) is 10.1 Å². The number of rotatable bonds is 3. The Morgan fingerprint density at radius 3 is 2.77 bits per heavy atom. The number of fused-ring (bicyclic) bond motifs is 3. The van der Waals surface area contributed by atoms with Crippen molar-refractivity contribution < 1.29 is 13.3 Å². The summed E-state index contributed by atoms with van der Waals surface area (Å²) in [5.74, 6) is 0.280. The second-order valence-electron chi connectivity index (χ2n) is 5.07. The first-order chi connectivity index (χ1) is 10.3. The van der Waals surface area contributed by atoms with Crippen LogP contribution in [0.15, 0.2) is 29.2 Å². The molecule has 1 unspecified atom stereocenters. The van der Waals surface area contributed by atoms with Crippen LogP contribution in [0.4, 0.5) is 11.4 Å². The molecule has 0 spiro atoms. The van der Waals surface area contributed by atoms with Gasteiger partial charge < -0.3 is 5.32 Å². The van der Waals surface area contributed by atoms with Gasteiger partial charge in [-0.15, -0.1) is 11.6 Å². The van der Waals surface area contributed by atoms with Crippen LogP contribution in [0.2, 0.25) is 0 Å². The highest BCUT2D eigenvalue weighted by Crippen LogP contribution is 2.44. The summed E-state index contributed by atoms with van der Waals surface area (Å²) in [6.45, 7) is 0.550. The topological polar surface area (TPSA) is 115 Å². The standard InChI is InChI=1S/C13H12ClN3O4S/c14-5-7-6-16-9-4-10(17(18)19)13-8(12(7)9)2-1-3-11(13)22(15,20)21/h1-4,7,16H,5-6H2,(H2,15,20,21). The number of primary sulfonamides is 1. The van der Waals surface area contributed by atoms with Crippen LogP contribution in [-0.2, 0) is 10.0 Å². The summed E-state index contributed by atoms with van der Waals surface area (Å²) in [5, 5.41) is 20.2. The number of nitro benzene ring substituents is 1. The summed E-state index contributed by atoms with van der Waals surface area (Å²) in [6.07, 6.45) is 0. The lowest BCUT2D eigenvalue weighted by atomic mass is 9.95. The van der Waals surface area contributed by atoms with Crippen LogP contribution in [-0.4, -0.2) is 25.8 Å². The van der Waals surface area contributed by atoms with Gasteiger partial charge in [0.25, 0.3) is 5.69 Å². The molecule has 2 aromatic rings. The molecule has 0 saturated heterocycles. The first kappa shape index (κ1) is 15.0. The number of nitrogens with two attached hydrogens (primary N) is 1. The minimum absolute atomic E-state index is 0.0348. The maximum atomic E-state index is 11.8. The van der Waals surface area contributed by atoms with Crippen molar-refractivity contribution in [3.05, 3.63) is 39.9 Å². The van der Waals surface area contributed by atoms with E-state index in [4.69, 9.17) is 16.7 Å². The normalized spacial score (nSPS) is 17.3. The summed E-state index contributed by atoms with van der Waals surface area (Å²) < 4.78 is 23.6. The molecule has 9 heteroatoms. The van der Waals surface area contributed by atoms with E-state index in [0.29, 0.717) is 23.5 Å². The Hall–Kier alpha value is -1.90. The highest BCUT2D eigenvalue weighted by atomic mass is 35.5. The molecule has 0 amide bonds. The number of halogens is 1. The Morgan fingerprint density at radius 1 is 1.45 bits per heavy atom. The lowest BCUT2D eigenvalue weighted by molar-refractivity contribution is -0.383. The summed E-state index contributed by atoms with van der Waals surface area (Å²) in [4.78, 5) is 10.5. The van der Waals surface area contributed by atoms with E-state index >= 15 is 0 Å². The third kappa shape index (κ3) is 2.20. The molecule has 3 rings (SSSR count). The molecule has 0 saturated carbocycles. The number of hydrogen-bond donors (Lipinski definition) is 2. The Balaban J connectivity index is 2.51. The van der Waals surface area contributed by atoms with E-state index in [0.717, 1.165) is 5.56 Å². The fourth-order valence-electron chi connectivity index (χ4n) is 2.89. The van der Waals surface area contributed by atoms with E-state index in [2.05, 4.69) is 5.32 Å². The average molecular weight is 342 g/mol. The molecular weight excluding hydrogens is 330 g/mol. The number of nitro groups is 1. The molecule has 1 aliphatic rings. The Morgan fingerprint density at radius 2 is 2.18 bits per heavy atom. The van der Waals surface area contributed by atoms with E-state index in [1.807, 2.05) is 0 Å². The van der Waals surface area contributed by atoms with Crippen LogP contribution in [0.3, 0.4) is 0 Å². The summed E-state index contributed by atoms with van der Waals surface area (Å²) in [6, 6.07) is 5.80. The minimum Gasteiger partial charge on any atom is -0.384 e. The van der Waals surface area contributed by atoms with Crippen molar-refractivity contribution in [1.82, 2.24) is 0 Å². The lowest BCUT2D eigenvalue weighted by Gasteiger charge is -2.12. The second kappa shape index (κ2) is 5.08. The van der Waals surface area contributed by atoms with Crippen LogP contribution < -0.4 is 10.5 Å². The Bertz CT molecular complexity index is 898. The van der Waals surface area contributed by atoms with E-state index < -0.39 is 14.9 Å². The molecule has 0 bridgehead atoms. The van der Waals surface area contributed by atoms with Crippen LogP contribution in [0.1, 0.15) is 11.5 Å². The van der Waals surface area contributed by atoms with Crippen molar-refractivity contribution >= 4 is 43.8 Å². The molecule has 1 heterocycles. The zero-order valence-electron chi connectivity index (χ0n) is 11.2. The highest BCUT2D eigenvalue weighted by Gasteiger charge is 2.31. The van der Waals surface area contributed by atoms with Gasteiger partial charge in [0.2, 0.25) is 10.0 Å². The van der Waals surface area contributed by atoms with Crippen molar-refractivity contribution in [1.29, 1.82) is 0 Å². The first-order valence-corrected chi connectivity index (χ1v) is 8.49. The third-order valence-electron chi connectivity index (χ3n) is 3.78. The number of sulfonamides is 1. The largest absolute Gasteiger partial charge is 0.384 e. The van der Waals surface area contributed by atoms with Gasteiger partial charge in [0.1, 0.15) is 0 Å². The number of alkyl halides is 1. The molecule has 7 nitrogen and oxygen atoms in total. The van der Waals surface area contributed by atoms with E-state index in [1.165, 1.54) is 18.2 Å². The Labute approximate surface area is 131 Å². The van der Waals surface area contributed by atoms with Crippen molar-refractivity contribution in [2.45, 2.75) is 10.8 Å². The smallest absolute Gasteiger partial charge is 0.280 e. The van der Waals surface area contributed by atoms with E-state index in [9.17, 15) is 18.5 Å². The number of nitrogens with zero attached hydrogens (tertiary/aromatic N) is 1. The molecule has 2 aromatic carbocycles. The quantitative estimate of drug-likeness (QED) is 0.504. The van der Waals surface area contributed by atoms with Crippen molar-refractivity contribution in [2.75, 3.05) is 17.7 Å². The van der Waals surface area contributed by atoms with Gasteiger partial charge in [-0.05, 0) is 17.0 Å². The fourth-order valence-corrected chi connectivity index (χ4v) is 3.92. The van der Waals surface area contributed by atoms with Crippen LogP contribution in [0.25, 0.3) is 10.8 Å². The van der Waals surface area contributed by atoms with Crippen molar-refractivity contribution in [3.8, 4) is 0 Å². The van der Waals surface area contributed by atoms with E-state index in [1.54, 1.807) is 6.07 Å². The molecule has 0 radical (unpaired) electrons. The molecule has 0 aliphatic carbocycles. The van der Waals surface area contributed by atoms with Gasteiger partial charge in [0, 0.05) is 30.1 Å². The van der Waals surface area contributed by atoms with Crippen molar-refractivity contribution in [2.24, 2.45) is 5.14 Å². The monoisotopic (exact) mass is 341 g/mol.